The fourth-order valence-corrected chi connectivity index (χ4v) is 3.16. The van der Waals surface area contributed by atoms with Crippen molar-refractivity contribution < 1.29 is 18.4 Å². The molecule has 0 radical (unpaired) electrons. The first-order valence-electron chi connectivity index (χ1n) is 9.04. The van der Waals surface area contributed by atoms with Gasteiger partial charge in [-0.1, -0.05) is 30.1 Å². The van der Waals surface area contributed by atoms with E-state index in [2.05, 4.69) is 10.1 Å². The van der Waals surface area contributed by atoms with Crippen LogP contribution >= 0.6 is 0 Å². The molecular weight excluding hydrogens is 337 g/mol. The zero-order valence-electron chi connectivity index (χ0n) is 15.0. The second-order valence-corrected chi connectivity index (χ2v) is 6.74. The Labute approximate surface area is 152 Å². The van der Waals surface area contributed by atoms with Gasteiger partial charge in [0.15, 0.2) is 24.0 Å². The third kappa shape index (κ3) is 5.03. The molecule has 1 heterocycles. The smallest absolute Gasteiger partial charge is 0.264 e. The first kappa shape index (κ1) is 18.4. The van der Waals surface area contributed by atoms with E-state index in [4.69, 9.17) is 9.26 Å². The van der Waals surface area contributed by atoms with Gasteiger partial charge in [0.2, 0.25) is 5.91 Å². The van der Waals surface area contributed by atoms with Crippen LogP contribution in [-0.4, -0.2) is 34.5 Å². The van der Waals surface area contributed by atoms with Gasteiger partial charge in [0.25, 0.3) is 5.89 Å². The minimum absolute atomic E-state index is 0.00435. The van der Waals surface area contributed by atoms with Crippen LogP contribution in [0.3, 0.4) is 0 Å². The molecule has 0 aliphatic heterocycles. The van der Waals surface area contributed by atoms with E-state index in [9.17, 15) is 9.18 Å². The summed E-state index contributed by atoms with van der Waals surface area (Å²) in [6, 6.07) is 6.15. The summed E-state index contributed by atoms with van der Waals surface area (Å²) in [5.74, 6) is 1.21. The maximum absolute atomic E-state index is 13.5. The maximum atomic E-state index is 13.5. The van der Waals surface area contributed by atoms with Gasteiger partial charge < -0.3 is 14.2 Å². The molecule has 3 rings (SSSR count). The Bertz CT molecular complexity index is 728. The van der Waals surface area contributed by atoms with Crippen molar-refractivity contribution in [2.24, 2.45) is 5.92 Å². The molecule has 0 atom stereocenters. The summed E-state index contributed by atoms with van der Waals surface area (Å²) in [5.41, 5.74) is 0. The molecule has 0 unspecified atom stereocenters. The van der Waals surface area contributed by atoms with Gasteiger partial charge in [-0.15, -0.1) is 0 Å². The SMILES string of the molecule is CN(CCc1noc(COc2ccccc2F)n1)C(=O)CC1CCCC1. The van der Waals surface area contributed by atoms with Gasteiger partial charge >= 0.3 is 0 Å². The van der Waals surface area contributed by atoms with Crippen LogP contribution in [0.5, 0.6) is 5.75 Å². The molecule has 26 heavy (non-hydrogen) atoms. The van der Waals surface area contributed by atoms with Gasteiger partial charge in [-0.05, 0) is 30.9 Å². The van der Waals surface area contributed by atoms with Crippen LogP contribution in [0.25, 0.3) is 0 Å². The van der Waals surface area contributed by atoms with Gasteiger partial charge in [-0.2, -0.15) is 4.98 Å². The number of benzene rings is 1. The summed E-state index contributed by atoms with van der Waals surface area (Å²) in [5, 5.41) is 3.89. The lowest BCUT2D eigenvalue weighted by Crippen LogP contribution is -2.30. The van der Waals surface area contributed by atoms with E-state index in [1.807, 2.05) is 0 Å². The molecule has 0 N–H and O–H groups in total. The van der Waals surface area contributed by atoms with Crippen LogP contribution in [0.4, 0.5) is 4.39 Å². The minimum Gasteiger partial charge on any atom is -0.481 e. The molecule has 1 amide bonds. The lowest BCUT2D eigenvalue weighted by Gasteiger charge is -2.18. The number of para-hydroxylation sites is 1. The molecule has 1 fully saturated rings. The highest BCUT2D eigenvalue weighted by Crippen LogP contribution is 2.27. The van der Waals surface area contributed by atoms with Crippen molar-refractivity contribution in [1.82, 2.24) is 15.0 Å². The lowest BCUT2D eigenvalue weighted by atomic mass is 10.0. The van der Waals surface area contributed by atoms with E-state index < -0.39 is 5.82 Å². The quantitative estimate of drug-likeness (QED) is 0.721. The molecule has 1 saturated carbocycles. The van der Waals surface area contributed by atoms with Crippen LogP contribution in [0.2, 0.25) is 0 Å². The van der Waals surface area contributed by atoms with Crippen LogP contribution < -0.4 is 4.74 Å². The summed E-state index contributed by atoms with van der Waals surface area (Å²) >= 11 is 0. The molecular formula is C19H24FN3O3. The van der Waals surface area contributed by atoms with Crippen LogP contribution in [0.15, 0.2) is 28.8 Å². The Hall–Kier alpha value is -2.44. The van der Waals surface area contributed by atoms with Crippen molar-refractivity contribution in [2.45, 2.75) is 45.1 Å². The van der Waals surface area contributed by atoms with Gasteiger partial charge in [0, 0.05) is 26.4 Å². The predicted molar refractivity (Wildman–Crippen MR) is 92.9 cm³/mol. The number of aromatic nitrogens is 2. The number of likely N-dealkylation sites (N-methyl/N-ethyl adjacent to an activating group) is 1. The van der Waals surface area contributed by atoms with E-state index in [0.29, 0.717) is 31.1 Å². The summed E-state index contributed by atoms with van der Waals surface area (Å²) in [6.07, 6.45) is 5.94. The van der Waals surface area contributed by atoms with E-state index in [-0.39, 0.29) is 24.2 Å². The Balaban J connectivity index is 1.43. The summed E-state index contributed by atoms with van der Waals surface area (Å²) in [4.78, 5) is 18.2. The number of hydrogen-bond acceptors (Lipinski definition) is 5. The Kier molecular flexibility index (Phi) is 6.20. The Morgan fingerprint density at radius 2 is 2.12 bits per heavy atom. The molecule has 1 aliphatic carbocycles. The molecule has 0 spiro atoms. The standard InChI is InChI=1S/C19H24FN3O3/c1-23(19(24)12-14-6-2-3-7-14)11-10-17-21-18(26-22-17)13-25-16-9-5-4-8-15(16)20/h4-5,8-9,14H,2-3,6-7,10-13H2,1H3. The fourth-order valence-electron chi connectivity index (χ4n) is 3.16. The van der Waals surface area contributed by atoms with E-state index in [1.165, 1.54) is 25.0 Å². The number of hydrogen-bond donors (Lipinski definition) is 0. The van der Waals surface area contributed by atoms with E-state index >= 15 is 0 Å². The fraction of sp³-hybridized carbons (Fsp3) is 0.526. The van der Waals surface area contributed by atoms with Crippen molar-refractivity contribution in [1.29, 1.82) is 0 Å². The predicted octanol–water partition coefficient (Wildman–Crippen LogP) is 3.37. The average Bonchev–Trinajstić information content (AvgIpc) is 3.31. The molecule has 6 nitrogen and oxygen atoms in total. The lowest BCUT2D eigenvalue weighted by molar-refractivity contribution is -0.130. The van der Waals surface area contributed by atoms with E-state index in [0.717, 1.165) is 12.8 Å². The number of amides is 1. The van der Waals surface area contributed by atoms with Crippen molar-refractivity contribution in [3.63, 3.8) is 0 Å². The highest BCUT2D eigenvalue weighted by atomic mass is 19.1. The van der Waals surface area contributed by atoms with Crippen molar-refractivity contribution in [2.75, 3.05) is 13.6 Å². The molecule has 0 bridgehead atoms. The van der Waals surface area contributed by atoms with Gasteiger partial charge in [0.05, 0.1) is 0 Å². The third-order valence-corrected chi connectivity index (χ3v) is 4.73. The van der Waals surface area contributed by atoms with E-state index in [1.54, 1.807) is 24.1 Å². The van der Waals surface area contributed by atoms with Crippen molar-refractivity contribution >= 4 is 5.91 Å². The maximum Gasteiger partial charge on any atom is 0.264 e. The van der Waals surface area contributed by atoms with Gasteiger partial charge in [-0.3, -0.25) is 4.79 Å². The monoisotopic (exact) mass is 361 g/mol. The molecule has 140 valence electrons. The number of carbonyl (C=O) groups is 1. The molecule has 1 aromatic heterocycles. The molecule has 0 saturated heterocycles. The minimum atomic E-state index is -0.436. The highest BCUT2D eigenvalue weighted by Gasteiger charge is 2.20. The molecule has 1 aromatic carbocycles. The van der Waals surface area contributed by atoms with Gasteiger partial charge in [0.1, 0.15) is 0 Å². The Morgan fingerprint density at radius 3 is 2.88 bits per heavy atom. The summed E-state index contributed by atoms with van der Waals surface area (Å²) in [6.45, 7) is 0.545. The molecule has 2 aromatic rings. The third-order valence-electron chi connectivity index (χ3n) is 4.73. The molecule has 7 heteroatoms. The zero-order valence-corrected chi connectivity index (χ0v) is 15.0. The largest absolute Gasteiger partial charge is 0.481 e. The number of carbonyl (C=O) groups excluding carboxylic acids is 1. The van der Waals surface area contributed by atoms with Crippen molar-refractivity contribution in [3.8, 4) is 5.75 Å². The number of rotatable bonds is 8. The highest BCUT2D eigenvalue weighted by molar-refractivity contribution is 5.76. The first-order chi connectivity index (χ1) is 12.6. The topological polar surface area (TPSA) is 68.5 Å². The summed E-state index contributed by atoms with van der Waals surface area (Å²) < 4.78 is 24.0. The van der Waals surface area contributed by atoms with Crippen LogP contribution in [-0.2, 0) is 17.8 Å². The van der Waals surface area contributed by atoms with Gasteiger partial charge in [-0.25, -0.2) is 4.39 Å². The number of ether oxygens (including phenoxy) is 1. The van der Waals surface area contributed by atoms with Crippen molar-refractivity contribution in [3.05, 3.63) is 41.8 Å². The normalized spacial score (nSPS) is 14.5. The second kappa shape index (κ2) is 8.78. The molecule has 1 aliphatic rings. The Morgan fingerprint density at radius 1 is 1.35 bits per heavy atom. The second-order valence-electron chi connectivity index (χ2n) is 6.74. The van der Waals surface area contributed by atoms with Crippen LogP contribution in [0.1, 0.15) is 43.8 Å². The number of nitrogens with zero attached hydrogens (tertiary/aromatic N) is 3. The average molecular weight is 361 g/mol. The summed E-state index contributed by atoms with van der Waals surface area (Å²) in [7, 11) is 1.81. The zero-order chi connectivity index (χ0) is 18.4. The number of halogens is 1. The van der Waals surface area contributed by atoms with Crippen LogP contribution in [0, 0.1) is 11.7 Å². The first-order valence-corrected chi connectivity index (χ1v) is 9.04.